The average Bonchev–Trinajstić information content (AvgIpc) is 2.79. The highest BCUT2D eigenvalue weighted by Gasteiger charge is 2.14. The molecule has 0 radical (unpaired) electrons. The molecular formula is C13H20N2O2. The minimum atomic E-state index is -0.127. The van der Waals surface area contributed by atoms with Crippen LogP contribution in [-0.4, -0.2) is 30.4 Å². The molecule has 1 aromatic rings. The van der Waals surface area contributed by atoms with Crippen LogP contribution in [0.2, 0.25) is 0 Å². The summed E-state index contributed by atoms with van der Waals surface area (Å²) in [4.78, 5) is 13.9. The first-order valence-corrected chi connectivity index (χ1v) is 6.39. The molecule has 0 atom stereocenters. The minimum Gasteiger partial charge on any atom is -0.455 e. The zero-order valence-corrected chi connectivity index (χ0v) is 10.4. The Labute approximate surface area is 102 Å². The maximum atomic E-state index is 11.5. The third kappa shape index (κ3) is 3.33. The summed E-state index contributed by atoms with van der Waals surface area (Å²) in [6.07, 6.45) is 3.87. The molecule has 1 aliphatic rings. The molecule has 4 heteroatoms. The van der Waals surface area contributed by atoms with E-state index in [0.29, 0.717) is 12.3 Å². The molecule has 2 rings (SSSR count). The van der Waals surface area contributed by atoms with E-state index in [1.807, 2.05) is 13.0 Å². The van der Waals surface area contributed by atoms with E-state index in [-0.39, 0.29) is 5.91 Å². The molecule has 0 unspecified atom stereocenters. The second-order valence-electron chi connectivity index (χ2n) is 4.46. The Morgan fingerprint density at radius 3 is 2.82 bits per heavy atom. The lowest BCUT2D eigenvalue weighted by Gasteiger charge is -2.25. The van der Waals surface area contributed by atoms with Crippen molar-refractivity contribution in [2.75, 3.05) is 19.6 Å². The molecule has 0 saturated carbocycles. The molecule has 0 aromatic carbocycles. The first-order valence-electron chi connectivity index (χ1n) is 6.39. The Hall–Kier alpha value is -1.29. The number of nitrogens with one attached hydrogen (secondary N) is 1. The van der Waals surface area contributed by atoms with Crippen LogP contribution in [0, 0.1) is 0 Å². The minimum absolute atomic E-state index is 0.127. The van der Waals surface area contributed by atoms with Crippen LogP contribution in [0.25, 0.3) is 0 Å². The van der Waals surface area contributed by atoms with E-state index in [4.69, 9.17) is 4.42 Å². The second-order valence-corrected chi connectivity index (χ2v) is 4.46. The standard InChI is InChI=1S/C13H20N2O2/c1-2-14-13(16)12-7-6-11(17-12)10-15-8-4-3-5-9-15/h6-7H,2-5,8-10H2,1H3,(H,14,16). The van der Waals surface area contributed by atoms with Crippen LogP contribution in [-0.2, 0) is 6.54 Å². The second kappa shape index (κ2) is 5.87. The van der Waals surface area contributed by atoms with Crippen molar-refractivity contribution in [3.05, 3.63) is 23.7 Å². The highest BCUT2D eigenvalue weighted by Crippen LogP contribution is 2.15. The van der Waals surface area contributed by atoms with Gasteiger partial charge in [-0.1, -0.05) is 6.42 Å². The maximum Gasteiger partial charge on any atom is 0.286 e. The van der Waals surface area contributed by atoms with Crippen molar-refractivity contribution in [3.8, 4) is 0 Å². The summed E-state index contributed by atoms with van der Waals surface area (Å²) in [7, 11) is 0. The molecule has 2 heterocycles. The monoisotopic (exact) mass is 236 g/mol. The number of furan rings is 1. The highest BCUT2D eigenvalue weighted by atomic mass is 16.4. The van der Waals surface area contributed by atoms with Crippen molar-refractivity contribution in [1.82, 2.24) is 10.2 Å². The number of hydrogen-bond acceptors (Lipinski definition) is 3. The topological polar surface area (TPSA) is 45.5 Å². The van der Waals surface area contributed by atoms with E-state index < -0.39 is 0 Å². The van der Waals surface area contributed by atoms with Crippen LogP contribution in [0.15, 0.2) is 16.5 Å². The molecule has 0 spiro atoms. The number of hydrogen-bond donors (Lipinski definition) is 1. The normalized spacial score (nSPS) is 17.0. The molecule has 1 amide bonds. The van der Waals surface area contributed by atoms with E-state index in [9.17, 15) is 4.79 Å². The highest BCUT2D eigenvalue weighted by molar-refractivity contribution is 5.91. The van der Waals surface area contributed by atoms with Gasteiger partial charge in [0, 0.05) is 6.54 Å². The summed E-state index contributed by atoms with van der Waals surface area (Å²) in [6, 6.07) is 3.66. The number of piperidine rings is 1. The van der Waals surface area contributed by atoms with Gasteiger partial charge in [0.1, 0.15) is 5.76 Å². The molecule has 0 aliphatic carbocycles. The predicted octanol–water partition coefficient (Wildman–Crippen LogP) is 2.02. The van der Waals surface area contributed by atoms with E-state index in [1.165, 1.54) is 19.3 Å². The molecule has 1 fully saturated rings. The Morgan fingerprint density at radius 2 is 2.12 bits per heavy atom. The van der Waals surface area contributed by atoms with Gasteiger partial charge in [0.05, 0.1) is 6.54 Å². The van der Waals surface area contributed by atoms with Crippen molar-refractivity contribution in [2.24, 2.45) is 0 Å². The lowest BCUT2D eigenvalue weighted by atomic mass is 10.1. The van der Waals surface area contributed by atoms with Gasteiger partial charge in [-0.25, -0.2) is 0 Å². The fourth-order valence-electron chi connectivity index (χ4n) is 2.17. The fraction of sp³-hybridized carbons (Fsp3) is 0.615. The Balaban J connectivity index is 1.91. The number of amides is 1. The van der Waals surface area contributed by atoms with Crippen LogP contribution in [0.1, 0.15) is 42.5 Å². The van der Waals surface area contributed by atoms with Gasteiger partial charge >= 0.3 is 0 Å². The maximum absolute atomic E-state index is 11.5. The van der Waals surface area contributed by atoms with Crippen LogP contribution in [0.5, 0.6) is 0 Å². The van der Waals surface area contributed by atoms with Crippen LogP contribution in [0.3, 0.4) is 0 Å². The molecule has 1 aromatic heterocycles. The van der Waals surface area contributed by atoms with Crippen molar-refractivity contribution in [3.63, 3.8) is 0 Å². The van der Waals surface area contributed by atoms with Gasteiger partial charge in [-0.3, -0.25) is 9.69 Å². The Bertz CT molecular complexity index is 367. The number of carbonyl (C=O) groups is 1. The third-order valence-electron chi connectivity index (χ3n) is 3.05. The number of carbonyl (C=O) groups excluding carboxylic acids is 1. The Kier molecular flexibility index (Phi) is 4.20. The summed E-state index contributed by atoms with van der Waals surface area (Å²) in [5.41, 5.74) is 0. The molecule has 1 aliphatic heterocycles. The van der Waals surface area contributed by atoms with E-state index in [2.05, 4.69) is 10.2 Å². The number of likely N-dealkylation sites (tertiary alicyclic amines) is 1. The van der Waals surface area contributed by atoms with Crippen molar-refractivity contribution in [1.29, 1.82) is 0 Å². The first-order chi connectivity index (χ1) is 8.29. The van der Waals surface area contributed by atoms with E-state index in [0.717, 1.165) is 25.4 Å². The lowest BCUT2D eigenvalue weighted by Crippen LogP contribution is -2.28. The van der Waals surface area contributed by atoms with Crippen molar-refractivity contribution >= 4 is 5.91 Å². The van der Waals surface area contributed by atoms with Gasteiger partial charge in [0.2, 0.25) is 0 Å². The average molecular weight is 236 g/mol. The largest absolute Gasteiger partial charge is 0.455 e. The van der Waals surface area contributed by atoms with Crippen LogP contribution in [0.4, 0.5) is 0 Å². The van der Waals surface area contributed by atoms with E-state index >= 15 is 0 Å². The summed E-state index contributed by atoms with van der Waals surface area (Å²) in [5.74, 6) is 1.17. The van der Waals surface area contributed by atoms with Gasteiger partial charge in [-0.2, -0.15) is 0 Å². The predicted molar refractivity (Wildman–Crippen MR) is 65.8 cm³/mol. The first kappa shape index (κ1) is 12.2. The molecule has 17 heavy (non-hydrogen) atoms. The summed E-state index contributed by atoms with van der Waals surface area (Å²) in [6.45, 7) is 5.62. The lowest BCUT2D eigenvalue weighted by molar-refractivity contribution is 0.0923. The zero-order valence-electron chi connectivity index (χ0n) is 10.4. The zero-order chi connectivity index (χ0) is 12.1. The summed E-state index contributed by atoms with van der Waals surface area (Å²) >= 11 is 0. The quantitative estimate of drug-likeness (QED) is 0.870. The van der Waals surface area contributed by atoms with Gasteiger partial charge in [0.15, 0.2) is 5.76 Å². The summed E-state index contributed by atoms with van der Waals surface area (Å²) in [5, 5.41) is 2.73. The smallest absolute Gasteiger partial charge is 0.286 e. The van der Waals surface area contributed by atoms with Crippen molar-refractivity contribution in [2.45, 2.75) is 32.7 Å². The van der Waals surface area contributed by atoms with Gasteiger partial charge in [0.25, 0.3) is 5.91 Å². The molecule has 94 valence electrons. The molecule has 4 nitrogen and oxygen atoms in total. The molecular weight excluding hydrogens is 216 g/mol. The Morgan fingerprint density at radius 1 is 1.35 bits per heavy atom. The van der Waals surface area contributed by atoms with Crippen LogP contribution >= 0.6 is 0 Å². The van der Waals surface area contributed by atoms with Gasteiger partial charge in [-0.05, 0) is 45.0 Å². The van der Waals surface area contributed by atoms with Gasteiger partial charge in [-0.15, -0.1) is 0 Å². The van der Waals surface area contributed by atoms with Crippen LogP contribution < -0.4 is 5.32 Å². The SMILES string of the molecule is CCNC(=O)c1ccc(CN2CCCCC2)o1. The van der Waals surface area contributed by atoms with Gasteiger partial charge < -0.3 is 9.73 Å². The number of nitrogens with zero attached hydrogens (tertiary/aromatic N) is 1. The third-order valence-corrected chi connectivity index (χ3v) is 3.05. The fourth-order valence-corrected chi connectivity index (χ4v) is 2.17. The molecule has 1 N–H and O–H groups in total. The molecule has 0 bridgehead atoms. The molecule has 1 saturated heterocycles. The van der Waals surface area contributed by atoms with E-state index in [1.54, 1.807) is 6.07 Å². The number of rotatable bonds is 4. The summed E-state index contributed by atoms with van der Waals surface area (Å²) < 4.78 is 5.55. The van der Waals surface area contributed by atoms with Crippen molar-refractivity contribution < 1.29 is 9.21 Å².